The molecule has 0 saturated heterocycles. The highest BCUT2D eigenvalue weighted by Crippen LogP contribution is 2.27. The van der Waals surface area contributed by atoms with Crippen LogP contribution in [0.5, 0.6) is 0 Å². The van der Waals surface area contributed by atoms with Gasteiger partial charge in [-0.1, -0.05) is 62.7 Å². The number of carbonyl (C=O) groups is 2. The van der Waals surface area contributed by atoms with Gasteiger partial charge in [0.1, 0.15) is 0 Å². The van der Waals surface area contributed by atoms with E-state index in [1.807, 2.05) is 42.5 Å². The molecule has 2 rings (SSSR count). The van der Waals surface area contributed by atoms with Crippen LogP contribution in [0.3, 0.4) is 0 Å². The maximum Gasteiger partial charge on any atom is 0.337 e. The Morgan fingerprint density at radius 2 is 1.68 bits per heavy atom. The number of nitrogens with one attached hydrogen (secondary N) is 1. The summed E-state index contributed by atoms with van der Waals surface area (Å²) in [6, 6.07) is 16.9. The summed E-state index contributed by atoms with van der Waals surface area (Å²) in [5.74, 6) is -0.251. The van der Waals surface area contributed by atoms with Crippen LogP contribution in [0.2, 0.25) is 0 Å². The van der Waals surface area contributed by atoms with Gasteiger partial charge in [0, 0.05) is 6.54 Å². The number of esters is 1. The van der Waals surface area contributed by atoms with Gasteiger partial charge in [-0.15, -0.1) is 0 Å². The highest BCUT2D eigenvalue weighted by atomic mass is 16.5. The summed E-state index contributed by atoms with van der Waals surface area (Å²) in [4.78, 5) is 24.2. The van der Waals surface area contributed by atoms with Gasteiger partial charge in [-0.3, -0.25) is 4.79 Å². The summed E-state index contributed by atoms with van der Waals surface area (Å²) in [6.45, 7) is 4.63. The van der Waals surface area contributed by atoms with E-state index >= 15 is 0 Å². The van der Waals surface area contributed by atoms with Crippen molar-refractivity contribution < 1.29 is 14.3 Å². The van der Waals surface area contributed by atoms with E-state index in [-0.39, 0.29) is 23.7 Å². The molecule has 0 spiro atoms. The van der Waals surface area contributed by atoms with Crippen LogP contribution in [0, 0.1) is 5.92 Å². The van der Waals surface area contributed by atoms with E-state index < -0.39 is 0 Å². The minimum Gasteiger partial charge on any atom is -0.465 e. The number of carbonyl (C=O) groups excluding carboxylic acids is 2. The van der Waals surface area contributed by atoms with Gasteiger partial charge in [0.05, 0.1) is 18.6 Å². The molecular weight excluding hydrogens is 314 g/mol. The van der Waals surface area contributed by atoms with Crippen molar-refractivity contribution in [3.63, 3.8) is 0 Å². The summed E-state index contributed by atoms with van der Waals surface area (Å²) in [7, 11) is 1.36. The second kappa shape index (κ2) is 9.02. The van der Waals surface area contributed by atoms with Gasteiger partial charge in [-0.05, 0) is 29.2 Å². The van der Waals surface area contributed by atoms with Crippen molar-refractivity contribution in [1.29, 1.82) is 0 Å². The quantitative estimate of drug-likeness (QED) is 0.778. The van der Waals surface area contributed by atoms with Crippen molar-refractivity contribution in [2.24, 2.45) is 5.92 Å². The Labute approximate surface area is 149 Å². The number of hydrogen-bond acceptors (Lipinski definition) is 3. The Morgan fingerprint density at radius 3 is 2.24 bits per heavy atom. The van der Waals surface area contributed by atoms with Gasteiger partial charge >= 0.3 is 5.97 Å². The standard InChI is InChI=1S/C21H25NO3/c1-4-15(2)19(17-8-6-5-7-9-17)20(23)22-14-16-10-12-18(13-11-16)21(24)25-3/h5-13,15,19H,4,14H2,1-3H3,(H,22,23)/t15-,19+/m1/s1. The molecule has 0 saturated carbocycles. The molecule has 0 aliphatic rings. The number of rotatable bonds is 7. The first-order valence-electron chi connectivity index (χ1n) is 8.56. The lowest BCUT2D eigenvalue weighted by molar-refractivity contribution is -0.123. The maximum absolute atomic E-state index is 12.8. The minimum absolute atomic E-state index is 0.0256. The summed E-state index contributed by atoms with van der Waals surface area (Å²) in [5.41, 5.74) is 2.48. The summed E-state index contributed by atoms with van der Waals surface area (Å²) in [5, 5.41) is 3.02. The topological polar surface area (TPSA) is 55.4 Å². The molecule has 2 aromatic carbocycles. The van der Waals surface area contributed by atoms with E-state index in [9.17, 15) is 9.59 Å². The van der Waals surface area contributed by atoms with Gasteiger partial charge in [0.2, 0.25) is 5.91 Å². The second-order valence-electron chi connectivity index (χ2n) is 6.18. The SMILES string of the molecule is CC[C@@H](C)[C@H](C(=O)NCc1ccc(C(=O)OC)cc1)c1ccccc1. The first kappa shape index (κ1) is 18.7. The molecule has 0 fully saturated rings. The molecule has 132 valence electrons. The summed E-state index contributed by atoms with van der Waals surface area (Å²) < 4.78 is 4.68. The van der Waals surface area contributed by atoms with Crippen molar-refractivity contribution in [3.05, 3.63) is 71.3 Å². The number of ether oxygens (including phenoxy) is 1. The van der Waals surface area contributed by atoms with Crippen molar-refractivity contribution in [3.8, 4) is 0 Å². The van der Waals surface area contributed by atoms with E-state index in [0.717, 1.165) is 17.5 Å². The smallest absolute Gasteiger partial charge is 0.337 e. The highest BCUT2D eigenvalue weighted by Gasteiger charge is 2.25. The molecule has 0 radical (unpaired) electrons. The Hall–Kier alpha value is -2.62. The van der Waals surface area contributed by atoms with Crippen LogP contribution in [0.4, 0.5) is 0 Å². The van der Waals surface area contributed by atoms with Crippen molar-refractivity contribution in [1.82, 2.24) is 5.32 Å². The number of amides is 1. The Kier molecular flexibility index (Phi) is 6.75. The molecular formula is C21H25NO3. The molecule has 0 aliphatic heterocycles. The molecule has 0 aromatic heterocycles. The van der Waals surface area contributed by atoms with Crippen LogP contribution in [-0.2, 0) is 16.1 Å². The number of benzene rings is 2. The largest absolute Gasteiger partial charge is 0.465 e. The molecule has 2 atom stereocenters. The summed E-state index contributed by atoms with van der Waals surface area (Å²) >= 11 is 0. The zero-order chi connectivity index (χ0) is 18.2. The molecule has 1 N–H and O–H groups in total. The zero-order valence-corrected chi connectivity index (χ0v) is 15.0. The molecule has 0 heterocycles. The predicted octanol–water partition coefficient (Wildman–Crippen LogP) is 3.92. The lowest BCUT2D eigenvalue weighted by Gasteiger charge is -2.23. The third kappa shape index (κ3) is 4.92. The van der Waals surface area contributed by atoms with E-state index in [1.165, 1.54) is 7.11 Å². The normalized spacial score (nSPS) is 12.9. The molecule has 25 heavy (non-hydrogen) atoms. The molecule has 0 bridgehead atoms. The first-order chi connectivity index (χ1) is 12.1. The molecule has 1 amide bonds. The van der Waals surface area contributed by atoms with Crippen LogP contribution in [0.15, 0.2) is 54.6 Å². The van der Waals surface area contributed by atoms with Crippen molar-refractivity contribution >= 4 is 11.9 Å². The maximum atomic E-state index is 12.8. The van der Waals surface area contributed by atoms with Gasteiger partial charge in [-0.25, -0.2) is 4.79 Å². The number of hydrogen-bond donors (Lipinski definition) is 1. The van der Waals surface area contributed by atoms with Gasteiger partial charge < -0.3 is 10.1 Å². The fourth-order valence-corrected chi connectivity index (χ4v) is 2.81. The lowest BCUT2D eigenvalue weighted by atomic mass is 9.85. The van der Waals surface area contributed by atoms with Crippen LogP contribution in [0.1, 0.15) is 47.7 Å². The van der Waals surface area contributed by atoms with Crippen LogP contribution >= 0.6 is 0 Å². The Morgan fingerprint density at radius 1 is 1.04 bits per heavy atom. The zero-order valence-electron chi connectivity index (χ0n) is 15.0. The van der Waals surface area contributed by atoms with Gasteiger partial charge in [-0.2, -0.15) is 0 Å². The minimum atomic E-state index is -0.364. The highest BCUT2D eigenvalue weighted by molar-refractivity contribution is 5.89. The Bertz CT molecular complexity index is 695. The van der Waals surface area contributed by atoms with E-state index in [2.05, 4.69) is 23.9 Å². The van der Waals surface area contributed by atoms with Gasteiger partial charge in [0.25, 0.3) is 0 Å². The monoisotopic (exact) mass is 339 g/mol. The number of methoxy groups -OCH3 is 1. The third-order valence-corrected chi connectivity index (χ3v) is 4.50. The molecule has 4 heteroatoms. The van der Waals surface area contributed by atoms with Crippen molar-refractivity contribution in [2.45, 2.75) is 32.7 Å². The first-order valence-corrected chi connectivity index (χ1v) is 8.56. The second-order valence-corrected chi connectivity index (χ2v) is 6.18. The van der Waals surface area contributed by atoms with Gasteiger partial charge in [0.15, 0.2) is 0 Å². The van der Waals surface area contributed by atoms with E-state index in [0.29, 0.717) is 12.1 Å². The average Bonchev–Trinajstić information content (AvgIpc) is 2.67. The average molecular weight is 339 g/mol. The van der Waals surface area contributed by atoms with E-state index in [1.54, 1.807) is 12.1 Å². The molecule has 2 aromatic rings. The lowest BCUT2D eigenvalue weighted by Crippen LogP contribution is -2.32. The van der Waals surface area contributed by atoms with Crippen LogP contribution in [-0.4, -0.2) is 19.0 Å². The van der Waals surface area contributed by atoms with Crippen LogP contribution in [0.25, 0.3) is 0 Å². The predicted molar refractivity (Wildman–Crippen MR) is 98.3 cm³/mol. The fraction of sp³-hybridized carbons (Fsp3) is 0.333. The fourth-order valence-electron chi connectivity index (χ4n) is 2.81. The van der Waals surface area contributed by atoms with Crippen molar-refractivity contribution in [2.75, 3.05) is 7.11 Å². The summed E-state index contributed by atoms with van der Waals surface area (Å²) in [6.07, 6.45) is 0.931. The molecule has 0 aliphatic carbocycles. The Balaban J connectivity index is 2.05. The molecule has 4 nitrogen and oxygen atoms in total. The van der Waals surface area contributed by atoms with Crippen LogP contribution < -0.4 is 5.32 Å². The van der Waals surface area contributed by atoms with E-state index in [4.69, 9.17) is 0 Å². The third-order valence-electron chi connectivity index (χ3n) is 4.50. The molecule has 0 unspecified atom stereocenters.